The Balaban J connectivity index is 2.66. The molecule has 0 aliphatic rings. The average molecular weight is 219 g/mol. The van der Waals surface area contributed by atoms with E-state index in [9.17, 15) is 4.79 Å². The topological polar surface area (TPSA) is 81.1 Å². The zero-order valence-electron chi connectivity index (χ0n) is 8.92. The van der Waals surface area contributed by atoms with E-state index in [0.717, 1.165) is 11.0 Å². The number of carboxylic acids is 1. The van der Waals surface area contributed by atoms with Gasteiger partial charge in [0.25, 0.3) is 0 Å². The van der Waals surface area contributed by atoms with E-state index in [1.807, 2.05) is 31.2 Å². The molecule has 1 aromatic heterocycles. The number of nitrogens with two attached hydrogens (primary N) is 1. The number of carbonyl (C=O) groups is 1. The molecule has 0 amide bonds. The van der Waals surface area contributed by atoms with E-state index in [2.05, 4.69) is 4.98 Å². The quantitative estimate of drug-likeness (QED) is 0.822. The van der Waals surface area contributed by atoms with Gasteiger partial charge in [0.1, 0.15) is 6.04 Å². The molecule has 3 N–H and O–H groups in total. The fourth-order valence-corrected chi connectivity index (χ4v) is 1.86. The maximum absolute atomic E-state index is 11.1. The second-order valence-corrected chi connectivity index (χ2v) is 3.59. The van der Waals surface area contributed by atoms with Crippen molar-refractivity contribution in [3.63, 3.8) is 0 Å². The molecule has 0 radical (unpaired) electrons. The lowest BCUT2D eigenvalue weighted by Gasteiger charge is -2.13. The Hall–Kier alpha value is -2.04. The predicted molar refractivity (Wildman–Crippen MR) is 61.1 cm³/mol. The summed E-state index contributed by atoms with van der Waals surface area (Å²) in [6.45, 7) is 1.81. The molecule has 0 aliphatic heterocycles. The van der Waals surface area contributed by atoms with Crippen LogP contribution in [0.3, 0.4) is 0 Å². The van der Waals surface area contributed by atoms with Gasteiger partial charge in [0.15, 0.2) is 0 Å². The highest BCUT2D eigenvalue weighted by Crippen LogP contribution is 2.24. The summed E-state index contributed by atoms with van der Waals surface area (Å²) in [5.41, 5.74) is 7.24. The summed E-state index contributed by atoms with van der Waals surface area (Å²) in [4.78, 5) is 15.3. The number of aromatic nitrogens is 2. The molecule has 0 aliphatic carbocycles. The van der Waals surface area contributed by atoms with Crippen LogP contribution in [0.4, 0.5) is 5.95 Å². The minimum atomic E-state index is -0.891. The average Bonchev–Trinajstić information content (AvgIpc) is 2.57. The first-order valence-corrected chi connectivity index (χ1v) is 5.10. The van der Waals surface area contributed by atoms with Gasteiger partial charge < -0.3 is 10.8 Å². The van der Waals surface area contributed by atoms with E-state index < -0.39 is 12.0 Å². The molecule has 16 heavy (non-hydrogen) atoms. The summed E-state index contributed by atoms with van der Waals surface area (Å²) in [6.07, 6.45) is 0.472. The number of aliphatic carboxylic acids is 1. The molecule has 2 rings (SSSR count). The van der Waals surface area contributed by atoms with Crippen LogP contribution < -0.4 is 5.73 Å². The summed E-state index contributed by atoms with van der Waals surface area (Å²) >= 11 is 0. The molecule has 1 heterocycles. The molecule has 1 aromatic carbocycles. The van der Waals surface area contributed by atoms with Gasteiger partial charge in [-0.1, -0.05) is 19.1 Å². The van der Waals surface area contributed by atoms with Gasteiger partial charge >= 0.3 is 5.97 Å². The third kappa shape index (κ3) is 1.50. The van der Waals surface area contributed by atoms with E-state index in [4.69, 9.17) is 10.8 Å². The van der Waals surface area contributed by atoms with Crippen LogP contribution in [0.1, 0.15) is 19.4 Å². The van der Waals surface area contributed by atoms with Gasteiger partial charge in [-0.05, 0) is 18.6 Å². The van der Waals surface area contributed by atoms with Gasteiger partial charge in [-0.2, -0.15) is 0 Å². The van der Waals surface area contributed by atoms with E-state index in [1.54, 1.807) is 4.57 Å². The van der Waals surface area contributed by atoms with Crippen molar-refractivity contribution in [1.82, 2.24) is 9.55 Å². The Kier molecular flexibility index (Phi) is 2.52. The zero-order valence-corrected chi connectivity index (χ0v) is 8.92. The standard InChI is InChI=1S/C11H13N3O2/c1-2-8(10(15)16)14-9-6-4-3-5-7(9)13-11(14)12/h3-6,8H,2H2,1H3,(H2,12,13)(H,15,16). The van der Waals surface area contributed by atoms with Gasteiger partial charge in [0.05, 0.1) is 11.0 Å². The van der Waals surface area contributed by atoms with Gasteiger partial charge in [-0.15, -0.1) is 0 Å². The molecule has 5 nitrogen and oxygen atoms in total. The molecular formula is C11H13N3O2. The van der Waals surface area contributed by atoms with Crippen LogP contribution in [-0.2, 0) is 4.79 Å². The van der Waals surface area contributed by atoms with Crippen molar-refractivity contribution in [2.24, 2.45) is 0 Å². The molecule has 1 unspecified atom stereocenters. The molecule has 0 bridgehead atoms. The minimum absolute atomic E-state index is 0.246. The highest BCUT2D eigenvalue weighted by Gasteiger charge is 2.21. The van der Waals surface area contributed by atoms with E-state index in [-0.39, 0.29) is 5.95 Å². The molecule has 2 aromatic rings. The van der Waals surface area contributed by atoms with Crippen molar-refractivity contribution in [1.29, 1.82) is 0 Å². The number of para-hydroxylation sites is 2. The number of imidazole rings is 1. The van der Waals surface area contributed by atoms with E-state index in [0.29, 0.717) is 6.42 Å². The summed E-state index contributed by atoms with van der Waals surface area (Å²) in [5.74, 6) is -0.646. The van der Waals surface area contributed by atoms with Crippen molar-refractivity contribution < 1.29 is 9.90 Å². The van der Waals surface area contributed by atoms with E-state index in [1.165, 1.54) is 0 Å². The Labute approximate surface area is 92.5 Å². The van der Waals surface area contributed by atoms with Crippen LogP contribution in [-0.4, -0.2) is 20.6 Å². The lowest BCUT2D eigenvalue weighted by atomic mass is 10.2. The summed E-state index contributed by atoms with van der Waals surface area (Å²) in [7, 11) is 0. The SMILES string of the molecule is CCC(C(=O)O)n1c(N)nc2ccccc21. The fourth-order valence-electron chi connectivity index (χ4n) is 1.86. The van der Waals surface area contributed by atoms with Crippen LogP contribution in [0.25, 0.3) is 11.0 Å². The number of rotatable bonds is 3. The zero-order chi connectivity index (χ0) is 11.7. The van der Waals surface area contributed by atoms with Gasteiger partial charge in [-0.25, -0.2) is 9.78 Å². The first-order valence-electron chi connectivity index (χ1n) is 5.10. The first kappa shape index (κ1) is 10.5. The number of hydrogen-bond acceptors (Lipinski definition) is 3. The largest absolute Gasteiger partial charge is 0.480 e. The number of fused-ring (bicyclic) bond motifs is 1. The summed E-state index contributed by atoms with van der Waals surface area (Å²) in [6, 6.07) is 6.67. The highest BCUT2D eigenvalue weighted by atomic mass is 16.4. The van der Waals surface area contributed by atoms with Crippen molar-refractivity contribution >= 4 is 23.0 Å². The third-order valence-corrected chi connectivity index (χ3v) is 2.61. The maximum Gasteiger partial charge on any atom is 0.326 e. The molecule has 84 valence electrons. The minimum Gasteiger partial charge on any atom is -0.480 e. The van der Waals surface area contributed by atoms with Crippen LogP contribution in [0.5, 0.6) is 0 Å². The molecule has 5 heteroatoms. The number of hydrogen-bond donors (Lipinski definition) is 2. The van der Waals surface area contributed by atoms with Crippen molar-refractivity contribution in [3.05, 3.63) is 24.3 Å². The summed E-state index contributed by atoms with van der Waals surface area (Å²) in [5, 5.41) is 9.12. The molecule has 0 spiro atoms. The molecule has 0 saturated heterocycles. The van der Waals surface area contributed by atoms with E-state index >= 15 is 0 Å². The second kappa shape index (κ2) is 3.84. The van der Waals surface area contributed by atoms with Crippen LogP contribution in [0.2, 0.25) is 0 Å². The van der Waals surface area contributed by atoms with Crippen molar-refractivity contribution in [2.45, 2.75) is 19.4 Å². The van der Waals surface area contributed by atoms with Crippen LogP contribution in [0.15, 0.2) is 24.3 Å². The smallest absolute Gasteiger partial charge is 0.326 e. The Morgan fingerprint density at radius 1 is 1.56 bits per heavy atom. The molecule has 0 saturated carbocycles. The van der Waals surface area contributed by atoms with Gasteiger partial charge in [0.2, 0.25) is 5.95 Å². The normalized spacial score (nSPS) is 12.8. The lowest BCUT2D eigenvalue weighted by molar-refractivity contribution is -0.140. The van der Waals surface area contributed by atoms with Crippen LogP contribution in [0, 0.1) is 0 Å². The lowest BCUT2D eigenvalue weighted by Crippen LogP contribution is -2.19. The van der Waals surface area contributed by atoms with Crippen molar-refractivity contribution in [3.8, 4) is 0 Å². The van der Waals surface area contributed by atoms with Crippen molar-refractivity contribution in [2.75, 3.05) is 5.73 Å². The Morgan fingerprint density at radius 2 is 2.25 bits per heavy atom. The number of benzene rings is 1. The first-order chi connectivity index (χ1) is 7.65. The number of nitrogens with zero attached hydrogens (tertiary/aromatic N) is 2. The Bertz CT molecular complexity index is 533. The Morgan fingerprint density at radius 3 is 2.88 bits per heavy atom. The van der Waals surface area contributed by atoms with Gasteiger partial charge in [-0.3, -0.25) is 4.57 Å². The number of carboxylic acid groups (broad SMARTS) is 1. The highest BCUT2D eigenvalue weighted by molar-refractivity contribution is 5.82. The fraction of sp³-hybridized carbons (Fsp3) is 0.273. The number of anilines is 1. The molecule has 0 fully saturated rings. The summed E-state index contributed by atoms with van der Waals surface area (Å²) < 4.78 is 1.57. The molecular weight excluding hydrogens is 206 g/mol. The monoisotopic (exact) mass is 219 g/mol. The molecule has 1 atom stereocenters. The van der Waals surface area contributed by atoms with Crippen LogP contribution >= 0.6 is 0 Å². The second-order valence-electron chi connectivity index (χ2n) is 3.59. The third-order valence-electron chi connectivity index (χ3n) is 2.61. The number of nitrogen functional groups attached to an aromatic ring is 1. The van der Waals surface area contributed by atoms with Gasteiger partial charge in [0, 0.05) is 0 Å². The maximum atomic E-state index is 11.1. The predicted octanol–water partition coefficient (Wildman–Crippen LogP) is 1.65.